The number of urea groups is 1. The van der Waals surface area contributed by atoms with Gasteiger partial charge in [-0.2, -0.15) is 0 Å². The smallest absolute Gasteiger partial charge is 0.335 e. The molecule has 1 aliphatic rings. The van der Waals surface area contributed by atoms with Gasteiger partial charge in [-0.15, -0.1) is 0 Å². The predicted molar refractivity (Wildman–Crippen MR) is 134 cm³/mol. The fourth-order valence-corrected chi connectivity index (χ4v) is 3.72. The first-order valence-electron chi connectivity index (χ1n) is 10.5. The maximum Gasteiger partial charge on any atom is 0.335 e. The molecule has 178 valence electrons. The molecular formula is C26H20Cl2N2O5. The Balaban J connectivity index is 1.59. The first-order valence-corrected chi connectivity index (χ1v) is 11.3. The van der Waals surface area contributed by atoms with Crippen LogP contribution in [0.3, 0.4) is 0 Å². The number of imide groups is 2. The zero-order valence-electron chi connectivity index (χ0n) is 18.8. The molecule has 3 aromatic rings. The summed E-state index contributed by atoms with van der Waals surface area (Å²) in [6.45, 7) is 2.10. The molecule has 0 unspecified atom stereocenters. The molecule has 4 amide bonds. The molecule has 3 aromatic carbocycles. The van der Waals surface area contributed by atoms with Gasteiger partial charge in [0.1, 0.15) is 12.2 Å². The lowest BCUT2D eigenvalue weighted by Gasteiger charge is -2.26. The number of ether oxygens (including phenoxy) is 2. The fraction of sp³-hybridized carbons (Fsp3) is 0.115. The number of aryl methyl sites for hydroxylation is 1. The molecule has 0 aliphatic carbocycles. The first-order chi connectivity index (χ1) is 16.8. The summed E-state index contributed by atoms with van der Waals surface area (Å²) in [5.74, 6) is -0.664. The van der Waals surface area contributed by atoms with Crippen LogP contribution in [-0.2, 0) is 16.2 Å². The van der Waals surface area contributed by atoms with E-state index >= 15 is 0 Å². The number of carbonyl (C=O) groups is 3. The van der Waals surface area contributed by atoms with Crippen molar-refractivity contribution >= 4 is 52.8 Å². The molecule has 4 rings (SSSR count). The number of rotatable bonds is 6. The van der Waals surface area contributed by atoms with Gasteiger partial charge in [-0.05, 0) is 66.1 Å². The molecule has 0 atom stereocenters. The van der Waals surface area contributed by atoms with Crippen LogP contribution in [0.25, 0.3) is 6.08 Å². The lowest BCUT2D eigenvalue weighted by Crippen LogP contribution is -2.54. The number of anilines is 1. The maximum absolute atomic E-state index is 13.1. The highest BCUT2D eigenvalue weighted by molar-refractivity contribution is 6.39. The van der Waals surface area contributed by atoms with Crippen LogP contribution < -0.4 is 19.7 Å². The minimum Gasteiger partial charge on any atom is -0.493 e. The van der Waals surface area contributed by atoms with Gasteiger partial charge in [0.2, 0.25) is 0 Å². The van der Waals surface area contributed by atoms with Crippen LogP contribution in [-0.4, -0.2) is 25.0 Å². The Morgan fingerprint density at radius 3 is 2.37 bits per heavy atom. The van der Waals surface area contributed by atoms with E-state index in [1.54, 1.807) is 49.4 Å². The molecule has 1 N–H and O–H groups in total. The molecule has 0 radical (unpaired) electrons. The third-order valence-electron chi connectivity index (χ3n) is 5.32. The summed E-state index contributed by atoms with van der Waals surface area (Å²) >= 11 is 12.1. The molecule has 0 bridgehead atoms. The second kappa shape index (κ2) is 10.2. The third-order valence-corrected chi connectivity index (χ3v) is 5.98. The first kappa shape index (κ1) is 24.3. The molecule has 0 aromatic heterocycles. The largest absolute Gasteiger partial charge is 0.493 e. The standard InChI is InChI=1S/C26H20Cl2N2O5/c1-15-3-9-19(13-21(15)28)30-25(32)20(24(31)29-26(30)33)11-17-6-10-22(23(12-17)34-2)35-14-16-4-7-18(27)8-5-16/h3-13H,14H2,1-2H3,(H,29,31,33)/b20-11-. The Morgan fingerprint density at radius 2 is 1.69 bits per heavy atom. The number of methoxy groups -OCH3 is 1. The number of barbiturate groups is 1. The highest BCUT2D eigenvalue weighted by Gasteiger charge is 2.37. The third kappa shape index (κ3) is 5.31. The summed E-state index contributed by atoms with van der Waals surface area (Å²) < 4.78 is 11.3. The summed E-state index contributed by atoms with van der Waals surface area (Å²) in [6.07, 6.45) is 1.39. The van der Waals surface area contributed by atoms with E-state index in [2.05, 4.69) is 5.32 Å². The highest BCUT2D eigenvalue weighted by Crippen LogP contribution is 2.31. The summed E-state index contributed by atoms with van der Waals surface area (Å²) in [5.41, 5.74) is 2.27. The van der Waals surface area contributed by atoms with Gasteiger partial charge in [-0.25, -0.2) is 9.69 Å². The van der Waals surface area contributed by atoms with Gasteiger partial charge in [0.05, 0.1) is 12.8 Å². The number of benzene rings is 3. The maximum atomic E-state index is 13.1. The average Bonchev–Trinajstić information content (AvgIpc) is 2.83. The number of halogens is 2. The Hall–Kier alpha value is -3.81. The van der Waals surface area contributed by atoms with E-state index in [0.717, 1.165) is 16.0 Å². The van der Waals surface area contributed by atoms with Gasteiger partial charge in [0.15, 0.2) is 11.5 Å². The second-order valence-electron chi connectivity index (χ2n) is 7.72. The van der Waals surface area contributed by atoms with E-state index in [0.29, 0.717) is 33.7 Å². The van der Waals surface area contributed by atoms with Gasteiger partial charge >= 0.3 is 6.03 Å². The van der Waals surface area contributed by atoms with Gasteiger partial charge in [-0.1, -0.05) is 47.5 Å². The number of hydrogen-bond acceptors (Lipinski definition) is 5. The molecular weight excluding hydrogens is 491 g/mol. The van der Waals surface area contributed by atoms with Crippen LogP contribution in [0.15, 0.2) is 66.2 Å². The lowest BCUT2D eigenvalue weighted by molar-refractivity contribution is -0.122. The quantitative estimate of drug-likeness (QED) is 0.346. The van der Waals surface area contributed by atoms with E-state index in [4.69, 9.17) is 32.7 Å². The summed E-state index contributed by atoms with van der Waals surface area (Å²) in [6, 6.07) is 16.2. The minimum atomic E-state index is -0.847. The van der Waals surface area contributed by atoms with Crippen LogP contribution >= 0.6 is 23.2 Å². The van der Waals surface area contributed by atoms with E-state index < -0.39 is 17.8 Å². The van der Waals surface area contributed by atoms with E-state index in [1.165, 1.54) is 19.3 Å². The molecule has 1 fully saturated rings. The van der Waals surface area contributed by atoms with Crippen molar-refractivity contribution in [2.45, 2.75) is 13.5 Å². The van der Waals surface area contributed by atoms with Crippen molar-refractivity contribution in [2.75, 3.05) is 12.0 Å². The highest BCUT2D eigenvalue weighted by atomic mass is 35.5. The van der Waals surface area contributed by atoms with Gasteiger partial charge in [0, 0.05) is 10.0 Å². The van der Waals surface area contributed by atoms with Crippen molar-refractivity contribution in [1.82, 2.24) is 5.32 Å². The van der Waals surface area contributed by atoms with Crippen LogP contribution in [0.5, 0.6) is 11.5 Å². The number of hydrogen-bond donors (Lipinski definition) is 1. The SMILES string of the molecule is COc1cc(/C=C2/C(=O)NC(=O)N(c3ccc(C)c(Cl)c3)C2=O)ccc1OCc1ccc(Cl)cc1. The number of carbonyl (C=O) groups excluding carboxylic acids is 3. The molecule has 0 spiro atoms. The van der Waals surface area contributed by atoms with Crippen LogP contribution in [0, 0.1) is 6.92 Å². The zero-order valence-corrected chi connectivity index (χ0v) is 20.3. The minimum absolute atomic E-state index is 0.210. The van der Waals surface area contributed by atoms with Gasteiger partial charge in [0.25, 0.3) is 11.8 Å². The zero-order chi connectivity index (χ0) is 25.1. The van der Waals surface area contributed by atoms with E-state index in [9.17, 15) is 14.4 Å². The summed E-state index contributed by atoms with van der Waals surface area (Å²) in [7, 11) is 1.49. The van der Waals surface area contributed by atoms with Gasteiger partial charge in [-0.3, -0.25) is 14.9 Å². The summed E-state index contributed by atoms with van der Waals surface area (Å²) in [5, 5.41) is 3.22. The van der Waals surface area contributed by atoms with Crippen molar-refractivity contribution in [1.29, 1.82) is 0 Å². The number of amides is 4. The predicted octanol–water partition coefficient (Wildman–Crippen LogP) is 5.56. The van der Waals surface area contributed by atoms with Crippen LogP contribution in [0.2, 0.25) is 10.0 Å². The topological polar surface area (TPSA) is 84.9 Å². The molecule has 9 heteroatoms. The monoisotopic (exact) mass is 510 g/mol. The lowest BCUT2D eigenvalue weighted by atomic mass is 10.1. The van der Waals surface area contributed by atoms with Crippen molar-refractivity contribution < 1.29 is 23.9 Å². The van der Waals surface area contributed by atoms with Gasteiger partial charge < -0.3 is 9.47 Å². The van der Waals surface area contributed by atoms with E-state index in [-0.39, 0.29) is 11.3 Å². The molecule has 1 aliphatic heterocycles. The van der Waals surface area contributed by atoms with Crippen molar-refractivity contribution in [3.63, 3.8) is 0 Å². The fourth-order valence-electron chi connectivity index (χ4n) is 3.41. The number of nitrogens with one attached hydrogen (secondary N) is 1. The molecule has 1 heterocycles. The Morgan fingerprint density at radius 1 is 0.943 bits per heavy atom. The van der Waals surface area contributed by atoms with Crippen LogP contribution in [0.1, 0.15) is 16.7 Å². The number of nitrogens with zero attached hydrogens (tertiary/aromatic N) is 1. The average molecular weight is 511 g/mol. The normalized spacial score (nSPS) is 14.8. The van der Waals surface area contributed by atoms with Crippen LogP contribution in [0.4, 0.5) is 10.5 Å². The molecule has 1 saturated heterocycles. The van der Waals surface area contributed by atoms with E-state index in [1.807, 2.05) is 12.1 Å². The van der Waals surface area contributed by atoms with Crippen molar-refractivity contribution in [2.24, 2.45) is 0 Å². The molecule has 0 saturated carbocycles. The Labute approximate surface area is 211 Å². The van der Waals surface area contributed by atoms with Crippen molar-refractivity contribution in [3.8, 4) is 11.5 Å². The van der Waals surface area contributed by atoms with Crippen molar-refractivity contribution in [3.05, 3.63) is 93.0 Å². The second-order valence-corrected chi connectivity index (χ2v) is 8.56. The molecule has 7 nitrogen and oxygen atoms in total. The Bertz CT molecular complexity index is 1350. The Kier molecular flexibility index (Phi) is 7.10. The molecule has 35 heavy (non-hydrogen) atoms. The summed E-state index contributed by atoms with van der Waals surface area (Å²) in [4.78, 5) is 38.9.